The van der Waals surface area contributed by atoms with Gasteiger partial charge in [0, 0.05) is 18.8 Å². The summed E-state index contributed by atoms with van der Waals surface area (Å²) in [5.41, 5.74) is 6.20. The number of pyridine rings is 1. The Kier molecular flexibility index (Phi) is 4.72. The lowest BCUT2D eigenvalue weighted by Crippen LogP contribution is -2.40. The quantitative estimate of drug-likeness (QED) is 0.321. The average molecular weight is 266 g/mol. The molecule has 0 unspecified atom stereocenters. The Morgan fingerprint density at radius 3 is 2.58 bits per heavy atom. The summed E-state index contributed by atoms with van der Waals surface area (Å²) in [6.45, 7) is 8.37. The van der Waals surface area contributed by atoms with Gasteiger partial charge in [-0.2, -0.15) is 0 Å². The third-order valence-corrected chi connectivity index (χ3v) is 2.66. The number of amidine groups is 1. The summed E-state index contributed by atoms with van der Waals surface area (Å²) in [4.78, 5) is 6.34. The van der Waals surface area contributed by atoms with E-state index >= 15 is 0 Å². The molecule has 0 saturated carbocycles. The first kappa shape index (κ1) is 15.2. The Morgan fingerprint density at radius 1 is 1.47 bits per heavy atom. The number of hydrogen-bond acceptors (Lipinski definition) is 5. The second kappa shape index (κ2) is 5.88. The summed E-state index contributed by atoms with van der Waals surface area (Å²) in [5, 5.41) is 21.8. The van der Waals surface area contributed by atoms with E-state index in [1.54, 1.807) is 26.0 Å². The summed E-state index contributed by atoms with van der Waals surface area (Å²) in [6, 6.07) is 3.56. The second-order valence-corrected chi connectivity index (χ2v) is 5.14. The Bertz CT molecular complexity index is 466. The minimum absolute atomic E-state index is 0.0108. The van der Waals surface area contributed by atoms with Gasteiger partial charge in [0.1, 0.15) is 5.82 Å². The van der Waals surface area contributed by atoms with Crippen molar-refractivity contribution in [3.8, 4) is 0 Å². The van der Waals surface area contributed by atoms with Crippen molar-refractivity contribution < 1.29 is 10.3 Å². The molecule has 0 amide bonds. The molecule has 0 saturated heterocycles. The number of aromatic nitrogens is 1. The molecule has 1 rings (SSSR count). The summed E-state index contributed by atoms with van der Waals surface area (Å²) < 4.78 is 0. The van der Waals surface area contributed by atoms with Crippen LogP contribution in [-0.2, 0) is 0 Å². The Balaban J connectivity index is 3.25. The molecule has 0 atom stereocenters. The maximum Gasteiger partial charge on any atom is 0.173 e. The summed E-state index contributed by atoms with van der Waals surface area (Å²) >= 11 is 0. The van der Waals surface area contributed by atoms with Crippen molar-refractivity contribution in [1.82, 2.24) is 4.98 Å². The molecule has 0 aromatic carbocycles. The lowest BCUT2D eigenvalue weighted by Gasteiger charge is -2.30. The van der Waals surface area contributed by atoms with E-state index in [1.165, 1.54) is 0 Å². The van der Waals surface area contributed by atoms with Crippen molar-refractivity contribution in [2.75, 3.05) is 18.0 Å². The number of aliphatic hydroxyl groups is 1. The fourth-order valence-electron chi connectivity index (χ4n) is 1.84. The van der Waals surface area contributed by atoms with Gasteiger partial charge in [-0.25, -0.2) is 4.98 Å². The molecule has 4 N–H and O–H groups in total. The highest BCUT2D eigenvalue weighted by Crippen LogP contribution is 2.20. The number of nitrogens with zero attached hydrogens (tertiary/aromatic N) is 3. The monoisotopic (exact) mass is 266 g/mol. The highest BCUT2D eigenvalue weighted by Gasteiger charge is 2.21. The van der Waals surface area contributed by atoms with Crippen LogP contribution in [-0.4, -0.2) is 39.8 Å². The molecule has 0 bridgehead atoms. The first-order valence-electron chi connectivity index (χ1n) is 6.21. The number of aryl methyl sites for hydroxylation is 1. The number of anilines is 1. The number of hydrogen-bond donors (Lipinski definition) is 3. The molecular weight excluding hydrogens is 244 g/mol. The zero-order chi connectivity index (χ0) is 14.6. The van der Waals surface area contributed by atoms with E-state index in [0.29, 0.717) is 24.5 Å². The largest absolute Gasteiger partial charge is 0.409 e. The Morgan fingerprint density at radius 2 is 2.11 bits per heavy atom. The maximum atomic E-state index is 9.96. The minimum atomic E-state index is -0.857. The van der Waals surface area contributed by atoms with E-state index in [0.717, 1.165) is 5.69 Å². The molecule has 19 heavy (non-hydrogen) atoms. The summed E-state index contributed by atoms with van der Waals surface area (Å²) in [5.74, 6) is 0.622. The van der Waals surface area contributed by atoms with Gasteiger partial charge >= 0.3 is 0 Å². The standard InChI is InChI=1S/C13H22N4O2/c1-5-17(8-13(3,4)18)12-10(11(14)16-19)7-6-9(2)15-12/h6-7,18-19H,5,8H2,1-4H3,(H2,14,16). The van der Waals surface area contributed by atoms with Crippen molar-refractivity contribution in [2.24, 2.45) is 10.9 Å². The van der Waals surface area contributed by atoms with Crippen molar-refractivity contribution >= 4 is 11.7 Å². The summed E-state index contributed by atoms with van der Waals surface area (Å²) in [7, 11) is 0. The molecule has 106 valence electrons. The molecule has 0 radical (unpaired) electrons. The van der Waals surface area contributed by atoms with Crippen molar-refractivity contribution in [3.63, 3.8) is 0 Å². The van der Waals surface area contributed by atoms with Crippen molar-refractivity contribution in [2.45, 2.75) is 33.3 Å². The fraction of sp³-hybridized carbons (Fsp3) is 0.538. The van der Waals surface area contributed by atoms with Crippen LogP contribution in [0.4, 0.5) is 5.82 Å². The third-order valence-electron chi connectivity index (χ3n) is 2.66. The van der Waals surface area contributed by atoms with Crippen LogP contribution in [0.2, 0.25) is 0 Å². The lowest BCUT2D eigenvalue weighted by molar-refractivity contribution is 0.0874. The molecule has 0 aliphatic rings. The molecule has 6 nitrogen and oxygen atoms in total. The molecule has 0 aliphatic heterocycles. The summed E-state index contributed by atoms with van der Waals surface area (Å²) in [6.07, 6.45) is 0. The van der Waals surface area contributed by atoms with Gasteiger partial charge in [-0.15, -0.1) is 0 Å². The molecule has 0 aliphatic carbocycles. The minimum Gasteiger partial charge on any atom is -0.409 e. The van der Waals surface area contributed by atoms with Crippen LogP contribution in [0.15, 0.2) is 17.3 Å². The smallest absolute Gasteiger partial charge is 0.173 e. The van der Waals surface area contributed by atoms with Crippen LogP contribution >= 0.6 is 0 Å². The SMILES string of the molecule is CCN(CC(C)(C)O)c1nc(C)ccc1C(N)=NO. The van der Waals surface area contributed by atoms with Gasteiger partial charge in [0.2, 0.25) is 0 Å². The number of likely N-dealkylation sites (N-methyl/N-ethyl adjacent to an activating group) is 1. The Labute approximate surface area is 113 Å². The van der Waals surface area contributed by atoms with Crippen LogP contribution in [0.5, 0.6) is 0 Å². The first-order valence-corrected chi connectivity index (χ1v) is 6.21. The first-order chi connectivity index (χ1) is 8.78. The topological polar surface area (TPSA) is 95.0 Å². The van der Waals surface area contributed by atoms with E-state index in [9.17, 15) is 5.11 Å². The fourth-order valence-corrected chi connectivity index (χ4v) is 1.84. The van der Waals surface area contributed by atoms with Gasteiger partial charge in [0.05, 0.1) is 11.2 Å². The van der Waals surface area contributed by atoms with E-state index in [2.05, 4.69) is 10.1 Å². The molecular formula is C13H22N4O2. The predicted octanol–water partition coefficient (Wildman–Crippen LogP) is 1.08. The van der Waals surface area contributed by atoms with Crippen LogP contribution in [0.3, 0.4) is 0 Å². The van der Waals surface area contributed by atoms with E-state index in [4.69, 9.17) is 10.9 Å². The van der Waals surface area contributed by atoms with Crippen LogP contribution < -0.4 is 10.6 Å². The third kappa shape index (κ3) is 4.10. The van der Waals surface area contributed by atoms with Gasteiger partial charge in [0.25, 0.3) is 0 Å². The molecule has 1 heterocycles. The van der Waals surface area contributed by atoms with E-state index in [1.807, 2.05) is 18.7 Å². The van der Waals surface area contributed by atoms with Crippen LogP contribution in [0.25, 0.3) is 0 Å². The number of nitrogens with two attached hydrogens (primary N) is 1. The van der Waals surface area contributed by atoms with Crippen molar-refractivity contribution in [1.29, 1.82) is 0 Å². The average Bonchev–Trinajstić information content (AvgIpc) is 2.33. The zero-order valence-corrected chi connectivity index (χ0v) is 11.9. The highest BCUT2D eigenvalue weighted by molar-refractivity contribution is 6.01. The normalized spacial score (nSPS) is 12.6. The lowest BCUT2D eigenvalue weighted by atomic mass is 10.1. The predicted molar refractivity (Wildman–Crippen MR) is 75.7 cm³/mol. The van der Waals surface area contributed by atoms with Gasteiger partial charge < -0.3 is 20.9 Å². The second-order valence-electron chi connectivity index (χ2n) is 5.14. The van der Waals surface area contributed by atoms with Crippen LogP contribution in [0.1, 0.15) is 32.0 Å². The Hall–Kier alpha value is -1.82. The number of rotatable bonds is 5. The maximum absolute atomic E-state index is 9.96. The highest BCUT2D eigenvalue weighted by atomic mass is 16.4. The molecule has 1 aromatic rings. The molecule has 6 heteroatoms. The van der Waals surface area contributed by atoms with Gasteiger partial charge in [-0.05, 0) is 39.8 Å². The molecule has 0 spiro atoms. The van der Waals surface area contributed by atoms with Gasteiger partial charge in [-0.1, -0.05) is 5.16 Å². The van der Waals surface area contributed by atoms with E-state index in [-0.39, 0.29) is 5.84 Å². The van der Waals surface area contributed by atoms with Gasteiger partial charge in [-0.3, -0.25) is 0 Å². The molecule has 0 fully saturated rings. The van der Waals surface area contributed by atoms with Gasteiger partial charge in [0.15, 0.2) is 5.84 Å². The zero-order valence-electron chi connectivity index (χ0n) is 11.9. The number of oxime groups is 1. The van der Waals surface area contributed by atoms with Crippen molar-refractivity contribution in [3.05, 3.63) is 23.4 Å². The van der Waals surface area contributed by atoms with E-state index < -0.39 is 5.60 Å². The van der Waals surface area contributed by atoms with Crippen LogP contribution in [0, 0.1) is 6.92 Å². The molecule has 1 aromatic heterocycles.